The van der Waals surface area contributed by atoms with Gasteiger partial charge in [0.25, 0.3) is 0 Å². The first kappa shape index (κ1) is 30.2. The summed E-state index contributed by atoms with van der Waals surface area (Å²) in [6.45, 7) is 0. The molecule has 1 heterocycles. The number of aliphatic imine (C=N–C) groups is 2. The molecule has 5 rings (SSSR count). The summed E-state index contributed by atoms with van der Waals surface area (Å²) < 4.78 is 58.1. The van der Waals surface area contributed by atoms with Gasteiger partial charge in [-0.2, -0.15) is 0 Å². The summed E-state index contributed by atoms with van der Waals surface area (Å²) in [6, 6.07) is 29.6. The molecule has 0 fully saturated rings. The molecule has 0 aliphatic rings. The minimum absolute atomic E-state index is 0.194. The number of benzene rings is 4. The van der Waals surface area contributed by atoms with Crippen LogP contribution in [0.25, 0.3) is 0 Å². The average molecular weight is 636 g/mol. The minimum atomic E-state index is -0.823. The van der Waals surface area contributed by atoms with Gasteiger partial charge in [0.2, 0.25) is 0 Å². The average Bonchev–Trinajstić information content (AvgIpc) is 2.98. The summed E-state index contributed by atoms with van der Waals surface area (Å²) in [6.07, 6.45) is 0. The molecular formula is C31H19Cl2F4FeN3. The van der Waals surface area contributed by atoms with Crippen LogP contribution >= 0.6 is 20.2 Å². The second-order valence-corrected chi connectivity index (χ2v) is 10.1. The Hall–Kier alpha value is -3.81. The van der Waals surface area contributed by atoms with E-state index in [2.05, 4.69) is 15.0 Å². The van der Waals surface area contributed by atoms with Gasteiger partial charge in [-0.3, -0.25) is 0 Å². The van der Waals surface area contributed by atoms with Crippen LogP contribution < -0.4 is 0 Å². The summed E-state index contributed by atoms with van der Waals surface area (Å²) >= 11 is 0.194. The van der Waals surface area contributed by atoms with Gasteiger partial charge in [0.15, 0.2) is 23.3 Å². The number of hydrogen-bond acceptors (Lipinski definition) is 3. The fourth-order valence-electron chi connectivity index (χ4n) is 3.85. The van der Waals surface area contributed by atoms with Crippen molar-refractivity contribution >= 4 is 43.0 Å². The third kappa shape index (κ3) is 7.69. The number of pyridine rings is 1. The van der Waals surface area contributed by atoms with Gasteiger partial charge in [0.05, 0.1) is 22.8 Å². The standard InChI is InChI=1S/C31H19F4N3.2ClH.Fe/c32-22-14-7-15-23(33)30(22)37-28(20-10-3-1-4-11-20)26-18-9-19-27(36-26)29(21-12-5-2-6-13-21)38-31-24(34)16-8-17-25(31)35;;;/h1-19H;2*1H;/q;;;+2/p-2. The van der Waals surface area contributed by atoms with E-state index in [9.17, 15) is 17.6 Å². The molecule has 208 valence electrons. The molecule has 0 radical (unpaired) electrons. The van der Waals surface area contributed by atoms with Gasteiger partial charge in [0.1, 0.15) is 11.4 Å². The molecule has 0 saturated carbocycles. The monoisotopic (exact) mass is 635 g/mol. The van der Waals surface area contributed by atoms with Crippen LogP contribution in [-0.4, -0.2) is 16.4 Å². The van der Waals surface area contributed by atoms with Crippen molar-refractivity contribution in [2.45, 2.75) is 0 Å². The van der Waals surface area contributed by atoms with Crippen molar-refractivity contribution in [2.75, 3.05) is 0 Å². The Bertz CT molecular complexity index is 1520. The zero-order valence-electron chi connectivity index (χ0n) is 20.9. The Kier molecular flexibility index (Phi) is 10.8. The van der Waals surface area contributed by atoms with Crippen molar-refractivity contribution in [1.29, 1.82) is 0 Å². The maximum absolute atomic E-state index is 14.5. The van der Waals surface area contributed by atoms with Crippen molar-refractivity contribution < 1.29 is 30.7 Å². The fraction of sp³-hybridized carbons (Fsp3) is 0. The van der Waals surface area contributed by atoms with Crippen molar-refractivity contribution in [3.8, 4) is 0 Å². The summed E-state index contributed by atoms with van der Waals surface area (Å²) in [5.41, 5.74) is 1.22. The van der Waals surface area contributed by atoms with Crippen LogP contribution in [0.2, 0.25) is 0 Å². The van der Waals surface area contributed by atoms with Crippen LogP contribution in [0.5, 0.6) is 0 Å². The van der Waals surface area contributed by atoms with Gasteiger partial charge >= 0.3 is 33.3 Å². The molecule has 0 spiro atoms. The zero-order valence-corrected chi connectivity index (χ0v) is 23.5. The molecule has 10 heteroatoms. The summed E-state index contributed by atoms with van der Waals surface area (Å²) in [5, 5.41) is 0. The number of rotatable bonds is 6. The molecule has 5 aromatic rings. The van der Waals surface area contributed by atoms with E-state index in [0.717, 1.165) is 24.3 Å². The van der Waals surface area contributed by atoms with E-state index in [1.807, 2.05) is 0 Å². The van der Waals surface area contributed by atoms with E-state index in [-0.39, 0.29) is 35.9 Å². The van der Waals surface area contributed by atoms with Gasteiger partial charge in [0, 0.05) is 11.1 Å². The van der Waals surface area contributed by atoms with Crippen LogP contribution in [0.1, 0.15) is 22.5 Å². The molecule has 0 bridgehead atoms. The van der Waals surface area contributed by atoms with Gasteiger partial charge in [-0.1, -0.05) is 78.9 Å². The number of nitrogens with zero attached hydrogens (tertiary/aromatic N) is 3. The Morgan fingerprint density at radius 2 is 0.805 bits per heavy atom. The van der Waals surface area contributed by atoms with E-state index in [1.54, 1.807) is 78.9 Å². The number of hydrogen-bond donors (Lipinski definition) is 0. The summed E-state index contributed by atoms with van der Waals surface area (Å²) in [7, 11) is 9.53. The fourth-order valence-corrected chi connectivity index (χ4v) is 3.85. The quantitative estimate of drug-likeness (QED) is 0.104. The van der Waals surface area contributed by atoms with Crippen molar-refractivity contribution in [3.05, 3.63) is 161 Å². The van der Waals surface area contributed by atoms with E-state index in [4.69, 9.17) is 20.2 Å². The third-order valence-electron chi connectivity index (χ3n) is 5.65. The van der Waals surface area contributed by atoms with Crippen LogP contribution in [0, 0.1) is 23.3 Å². The van der Waals surface area contributed by atoms with Gasteiger partial charge < -0.3 is 0 Å². The Morgan fingerprint density at radius 3 is 1.15 bits per heavy atom. The van der Waals surface area contributed by atoms with E-state index in [0.29, 0.717) is 11.1 Å². The molecular weight excluding hydrogens is 617 g/mol. The first-order chi connectivity index (χ1) is 19.9. The second kappa shape index (κ2) is 14.7. The molecule has 0 atom stereocenters. The van der Waals surface area contributed by atoms with Crippen molar-refractivity contribution in [2.24, 2.45) is 9.98 Å². The zero-order chi connectivity index (χ0) is 29.2. The SMILES string of the molecule is Fc1cccc(F)c1N=C(c1ccccc1)c1cccc(C(=Nc2c(F)cccc2F)c2ccccc2)n1.[Cl][Fe][Cl]. The van der Waals surface area contributed by atoms with E-state index < -0.39 is 34.6 Å². The van der Waals surface area contributed by atoms with Crippen LogP contribution in [0.15, 0.2) is 125 Å². The molecule has 0 unspecified atom stereocenters. The van der Waals surface area contributed by atoms with Crippen molar-refractivity contribution in [3.63, 3.8) is 0 Å². The van der Waals surface area contributed by atoms with E-state index in [1.165, 1.54) is 12.1 Å². The Morgan fingerprint density at radius 1 is 0.488 bits per heavy atom. The molecule has 0 aliphatic carbocycles. The third-order valence-corrected chi connectivity index (χ3v) is 5.65. The number of halogens is 6. The molecule has 0 N–H and O–H groups in total. The van der Waals surface area contributed by atoms with E-state index >= 15 is 0 Å². The number of aromatic nitrogens is 1. The first-order valence-corrected chi connectivity index (χ1v) is 15.0. The van der Waals surface area contributed by atoms with Crippen LogP contribution in [0.3, 0.4) is 0 Å². The maximum atomic E-state index is 14.5. The Balaban J connectivity index is 0.00000124. The summed E-state index contributed by atoms with van der Waals surface area (Å²) in [4.78, 5) is 13.3. The predicted molar refractivity (Wildman–Crippen MR) is 152 cm³/mol. The molecule has 0 amide bonds. The second-order valence-electron chi connectivity index (χ2n) is 8.25. The Labute approximate surface area is 248 Å². The van der Waals surface area contributed by atoms with Gasteiger partial charge in [-0.15, -0.1) is 0 Å². The predicted octanol–water partition coefficient (Wildman–Crippen LogP) is 9.35. The molecule has 1 aromatic heterocycles. The molecule has 41 heavy (non-hydrogen) atoms. The van der Waals surface area contributed by atoms with Crippen LogP contribution in [0.4, 0.5) is 28.9 Å². The van der Waals surface area contributed by atoms with Crippen LogP contribution in [-0.2, 0) is 13.1 Å². The molecule has 0 aliphatic heterocycles. The van der Waals surface area contributed by atoms with Crippen molar-refractivity contribution in [1.82, 2.24) is 4.98 Å². The number of para-hydroxylation sites is 2. The first-order valence-electron chi connectivity index (χ1n) is 11.9. The normalized spacial score (nSPS) is 11.7. The molecule has 3 nitrogen and oxygen atoms in total. The topological polar surface area (TPSA) is 37.6 Å². The molecule has 0 saturated heterocycles. The van der Waals surface area contributed by atoms with Gasteiger partial charge in [-0.05, 0) is 36.4 Å². The molecule has 4 aromatic carbocycles. The summed E-state index contributed by atoms with van der Waals surface area (Å²) in [5.74, 6) is -3.29. The van der Waals surface area contributed by atoms with Gasteiger partial charge in [-0.25, -0.2) is 32.5 Å².